The van der Waals surface area contributed by atoms with Crippen molar-refractivity contribution in [1.82, 2.24) is 4.90 Å². The van der Waals surface area contributed by atoms with Crippen molar-refractivity contribution in [2.24, 2.45) is 5.73 Å². The second-order valence-electron chi connectivity index (χ2n) is 4.48. The molecule has 0 spiro atoms. The second-order valence-corrected chi connectivity index (χ2v) is 4.48. The van der Waals surface area contributed by atoms with E-state index in [0.717, 1.165) is 18.5 Å². The van der Waals surface area contributed by atoms with Crippen LogP contribution in [0.1, 0.15) is 24.9 Å². The van der Waals surface area contributed by atoms with Gasteiger partial charge in [0.15, 0.2) is 0 Å². The standard InChI is InChI=1S/C13H21FN2O/c1-10(15)12-6-5-11(14)9-13(12)17-8-4-7-16(2)3/h5-6,9-10H,4,7-8,15H2,1-3H3/t10-/m0/s1. The van der Waals surface area contributed by atoms with Crippen LogP contribution in [-0.4, -0.2) is 32.1 Å². The predicted octanol–water partition coefficient (Wildman–Crippen LogP) is 2.18. The topological polar surface area (TPSA) is 38.5 Å². The van der Waals surface area contributed by atoms with Gasteiger partial charge in [-0.25, -0.2) is 4.39 Å². The van der Waals surface area contributed by atoms with Crippen LogP contribution < -0.4 is 10.5 Å². The van der Waals surface area contributed by atoms with Gasteiger partial charge in [-0.15, -0.1) is 0 Å². The van der Waals surface area contributed by atoms with Crippen LogP contribution in [0.5, 0.6) is 5.75 Å². The molecule has 1 aromatic carbocycles. The fraction of sp³-hybridized carbons (Fsp3) is 0.538. The predicted molar refractivity (Wildman–Crippen MR) is 67.7 cm³/mol. The van der Waals surface area contributed by atoms with Gasteiger partial charge in [0, 0.05) is 24.2 Å². The highest BCUT2D eigenvalue weighted by atomic mass is 19.1. The van der Waals surface area contributed by atoms with Gasteiger partial charge in [-0.3, -0.25) is 0 Å². The maximum Gasteiger partial charge on any atom is 0.126 e. The molecule has 0 heterocycles. The second kappa shape index (κ2) is 6.57. The number of nitrogens with zero attached hydrogens (tertiary/aromatic N) is 1. The molecule has 17 heavy (non-hydrogen) atoms. The van der Waals surface area contributed by atoms with Gasteiger partial charge in [-0.2, -0.15) is 0 Å². The van der Waals surface area contributed by atoms with E-state index in [1.54, 1.807) is 6.07 Å². The van der Waals surface area contributed by atoms with Crippen molar-refractivity contribution in [3.63, 3.8) is 0 Å². The molecule has 0 unspecified atom stereocenters. The minimum Gasteiger partial charge on any atom is -0.493 e. The smallest absolute Gasteiger partial charge is 0.126 e. The van der Waals surface area contributed by atoms with Crippen LogP contribution in [0.15, 0.2) is 18.2 Å². The zero-order valence-electron chi connectivity index (χ0n) is 10.7. The van der Waals surface area contributed by atoms with Gasteiger partial charge in [0.25, 0.3) is 0 Å². The Balaban J connectivity index is 2.59. The van der Waals surface area contributed by atoms with Crippen molar-refractivity contribution in [2.45, 2.75) is 19.4 Å². The van der Waals surface area contributed by atoms with Crippen molar-refractivity contribution >= 4 is 0 Å². The van der Waals surface area contributed by atoms with Crippen molar-refractivity contribution in [2.75, 3.05) is 27.2 Å². The molecule has 0 amide bonds. The van der Waals surface area contributed by atoms with E-state index >= 15 is 0 Å². The molecule has 0 aromatic heterocycles. The number of ether oxygens (including phenoxy) is 1. The first kappa shape index (κ1) is 13.9. The first-order valence-electron chi connectivity index (χ1n) is 5.83. The Morgan fingerprint density at radius 1 is 1.41 bits per heavy atom. The highest BCUT2D eigenvalue weighted by molar-refractivity contribution is 5.36. The summed E-state index contributed by atoms with van der Waals surface area (Å²) in [6, 6.07) is 4.33. The van der Waals surface area contributed by atoms with E-state index in [1.165, 1.54) is 12.1 Å². The molecule has 0 bridgehead atoms. The van der Waals surface area contributed by atoms with E-state index in [1.807, 2.05) is 21.0 Å². The van der Waals surface area contributed by atoms with Crippen molar-refractivity contribution in [3.05, 3.63) is 29.6 Å². The Morgan fingerprint density at radius 2 is 2.12 bits per heavy atom. The lowest BCUT2D eigenvalue weighted by Gasteiger charge is -2.15. The minimum absolute atomic E-state index is 0.153. The zero-order chi connectivity index (χ0) is 12.8. The molecule has 0 aliphatic heterocycles. The lowest BCUT2D eigenvalue weighted by Crippen LogP contribution is -2.16. The van der Waals surface area contributed by atoms with Gasteiger partial charge < -0.3 is 15.4 Å². The van der Waals surface area contributed by atoms with Crippen LogP contribution in [0.4, 0.5) is 4.39 Å². The van der Waals surface area contributed by atoms with Gasteiger partial charge in [0.1, 0.15) is 11.6 Å². The maximum atomic E-state index is 13.1. The molecule has 1 aromatic rings. The largest absolute Gasteiger partial charge is 0.493 e. The fourth-order valence-corrected chi connectivity index (χ4v) is 1.57. The Morgan fingerprint density at radius 3 is 2.71 bits per heavy atom. The van der Waals surface area contributed by atoms with Crippen LogP contribution in [0.3, 0.4) is 0 Å². The quantitative estimate of drug-likeness (QED) is 0.774. The molecule has 0 saturated heterocycles. The molecular formula is C13H21FN2O. The first-order chi connectivity index (χ1) is 8.00. The summed E-state index contributed by atoms with van der Waals surface area (Å²) in [5.41, 5.74) is 6.65. The Labute approximate surface area is 102 Å². The van der Waals surface area contributed by atoms with Gasteiger partial charge in [0.2, 0.25) is 0 Å². The third kappa shape index (κ3) is 4.71. The number of nitrogens with two attached hydrogens (primary N) is 1. The minimum atomic E-state index is -0.294. The molecule has 2 N–H and O–H groups in total. The number of halogens is 1. The summed E-state index contributed by atoms with van der Waals surface area (Å²) in [5, 5.41) is 0. The van der Waals surface area contributed by atoms with E-state index < -0.39 is 0 Å². The average Bonchev–Trinajstić information content (AvgIpc) is 2.23. The summed E-state index contributed by atoms with van der Waals surface area (Å²) in [4.78, 5) is 2.08. The molecule has 96 valence electrons. The number of hydrogen-bond donors (Lipinski definition) is 1. The molecule has 0 fully saturated rings. The van der Waals surface area contributed by atoms with E-state index in [-0.39, 0.29) is 11.9 Å². The molecule has 3 nitrogen and oxygen atoms in total. The molecular weight excluding hydrogens is 219 g/mol. The number of rotatable bonds is 6. The summed E-state index contributed by atoms with van der Waals surface area (Å²) in [5.74, 6) is 0.260. The third-order valence-corrected chi connectivity index (χ3v) is 2.47. The number of benzene rings is 1. The highest BCUT2D eigenvalue weighted by Gasteiger charge is 2.09. The summed E-state index contributed by atoms with van der Waals surface area (Å²) in [7, 11) is 4.02. The lowest BCUT2D eigenvalue weighted by molar-refractivity contribution is 0.277. The Kier molecular flexibility index (Phi) is 5.38. The molecule has 1 atom stereocenters. The van der Waals surface area contributed by atoms with E-state index in [4.69, 9.17) is 10.5 Å². The highest BCUT2D eigenvalue weighted by Crippen LogP contribution is 2.24. The van der Waals surface area contributed by atoms with E-state index in [2.05, 4.69) is 4.90 Å². The zero-order valence-corrected chi connectivity index (χ0v) is 10.7. The summed E-state index contributed by atoms with van der Waals surface area (Å²) in [6.45, 7) is 3.38. The molecule has 0 radical (unpaired) electrons. The maximum absolute atomic E-state index is 13.1. The molecule has 4 heteroatoms. The van der Waals surface area contributed by atoms with Crippen molar-refractivity contribution in [3.8, 4) is 5.75 Å². The van der Waals surface area contributed by atoms with Crippen molar-refractivity contribution < 1.29 is 9.13 Å². The lowest BCUT2D eigenvalue weighted by atomic mass is 10.1. The van der Waals surface area contributed by atoms with Gasteiger partial charge in [0.05, 0.1) is 6.61 Å². The SMILES string of the molecule is C[C@H](N)c1ccc(F)cc1OCCCN(C)C. The van der Waals surface area contributed by atoms with Crippen molar-refractivity contribution in [1.29, 1.82) is 0 Å². The fourth-order valence-electron chi connectivity index (χ4n) is 1.57. The summed E-state index contributed by atoms with van der Waals surface area (Å²) < 4.78 is 18.7. The molecule has 0 aliphatic rings. The van der Waals surface area contributed by atoms with Gasteiger partial charge >= 0.3 is 0 Å². The average molecular weight is 240 g/mol. The van der Waals surface area contributed by atoms with Crippen LogP contribution in [0, 0.1) is 5.82 Å². The monoisotopic (exact) mass is 240 g/mol. The Bertz CT molecular complexity index is 353. The van der Waals surface area contributed by atoms with Crippen LogP contribution >= 0.6 is 0 Å². The van der Waals surface area contributed by atoms with E-state index in [9.17, 15) is 4.39 Å². The molecule has 1 rings (SSSR count). The van der Waals surface area contributed by atoms with Gasteiger partial charge in [-0.05, 0) is 33.5 Å². The van der Waals surface area contributed by atoms with Crippen LogP contribution in [0.2, 0.25) is 0 Å². The Hall–Kier alpha value is -1.13. The van der Waals surface area contributed by atoms with Crippen LogP contribution in [0.25, 0.3) is 0 Å². The third-order valence-electron chi connectivity index (χ3n) is 2.47. The molecule has 0 saturated carbocycles. The molecule has 0 aliphatic carbocycles. The normalized spacial score (nSPS) is 12.8. The number of hydrogen-bond acceptors (Lipinski definition) is 3. The first-order valence-corrected chi connectivity index (χ1v) is 5.83. The van der Waals surface area contributed by atoms with Crippen LogP contribution in [-0.2, 0) is 0 Å². The van der Waals surface area contributed by atoms with Gasteiger partial charge in [-0.1, -0.05) is 6.07 Å². The summed E-state index contributed by atoms with van der Waals surface area (Å²) in [6.07, 6.45) is 0.905. The summed E-state index contributed by atoms with van der Waals surface area (Å²) >= 11 is 0. The van der Waals surface area contributed by atoms with E-state index in [0.29, 0.717) is 12.4 Å².